The normalized spacial score (nSPS) is 11.3. The Morgan fingerprint density at radius 1 is 1.20 bits per heavy atom. The van der Waals surface area contributed by atoms with E-state index in [1.54, 1.807) is 30.3 Å². The quantitative estimate of drug-likeness (QED) is 0.554. The van der Waals surface area contributed by atoms with E-state index in [0.717, 1.165) is 25.4 Å². The predicted octanol–water partition coefficient (Wildman–Crippen LogP) is 2.98. The zero-order valence-electron chi connectivity index (χ0n) is 15.3. The molecule has 9 nitrogen and oxygen atoms in total. The van der Waals surface area contributed by atoms with E-state index in [4.69, 9.17) is 4.74 Å². The second kappa shape index (κ2) is 8.37. The first-order valence-corrected chi connectivity index (χ1v) is 9.72. The molecule has 2 aromatic carbocycles. The van der Waals surface area contributed by atoms with Gasteiger partial charge in [0, 0.05) is 12.1 Å². The van der Waals surface area contributed by atoms with Crippen LogP contribution in [0.4, 0.5) is 14.5 Å². The van der Waals surface area contributed by atoms with Crippen molar-refractivity contribution in [1.29, 1.82) is 0 Å². The largest absolute Gasteiger partial charge is 0.493 e. The minimum atomic E-state index is -4.30. The number of hydrogen-bond donors (Lipinski definition) is 2. The Hall–Kier alpha value is -3.67. The zero-order chi connectivity index (χ0) is 21.9. The molecule has 1 heterocycles. The first-order chi connectivity index (χ1) is 14.2. The second-order valence-corrected chi connectivity index (χ2v) is 7.48. The lowest BCUT2D eigenvalue weighted by Crippen LogP contribution is -2.16. The summed E-state index contributed by atoms with van der Waals surface area (Å²) in [6, 6.07) is 10.4. The highest BCUT2D eigenvalue weighted by molar-refractivity contribution is 7.92. The molecular weight excluding hydrogens is 424 g/mol. The van der Waals surface area contributed by atoms with Gasteiger partial charge in [-0.15, -0.1) is 0 Å². The van der Waals surface area contributed by atoms with Crippen molar-refractivity contribution in [1.82, 2.24) is 9.78 Å². The summed E-state index contributed by atoms with van der Waals surface area (Å²) in [5.74, 6) is -2.34. The summed E-state index contributed by atoms with van der Waals surface area (Å²) in [5, 5.41) is 13.4. The lowest BCUT2D eigenvalue weighted by molar-refractivity contribution is -0.0511. The van der Waals surface area contributed by atoms with E-state index in [1.807, 2.05) is 0 Å². The highest BCUT2D eigenvalue weighted by atomic mass is 32.2. The molecule has 0 spiro atoms. The van der Waals surface area contributed by atoms with Crippen LogP contribution in [0.5, 0.6) is 11.5 Å². The molecule has 0 aliphatic rings. The predicted molar refractivity (Wildman–Crippen MR) is 101 cm³/mol. The lowest BCUT2D eigenvalue weighted by Gasteiger charge is -2.15. The highest BCUT2D eigenvalue weighted by Crippen LogP contribution is 2.35. The number of para-hydroxylation sites is 1. The fourth-order valence-electron chi connectivity index (χ4n) is 2.54. The number of aromatic carboxylic acids is 1. The van der Waals surface area contributed by atoms with Gasteiger partial charge in [-0.1, -0.05) is 18.2 Å². The Labute approximate surface area is 169 Å². The van der Waals surface area contributed by atoms with E-state index < -0.39 is 39.6 Å². The number of benzene rings is 2. The monoisotopic (exact) mass is 439 g/mol. The molecule has 30 heavy (non-hydrogen) atoms. The van der Waals surface area contributed by atoms with Crippen LogP contribution in [0.15, 0.2) is 59.8 Å². The van der Waals surface area contributed by atoms with E-state index in [1.165, 1.54) is 10.9 Å². The van der Waals surface area contributed by atoms with Crippen molar-refractivity contribution in [3.63, 3.8) is 0 Å². The molecule has 0 radical (unpaired) electrons. The molecule has 0 unspecified atom stereocenters. The van der Waals surface area contributed by atoms with Crippen LogP contribution >= 0.6 is 0 Å². The second-order valence-electron chi connectivity index (χ2n) is 5.79. The van der Waals surface area contributed by atoms with Crippen molar-refractivity contribution >= 4 is 21.7 Å². The maximum absolute atomic E-state index is 12.7. The molecule has 2 N–H and O–H groups in total. The molecule has 158 valence electrons. The van der Waals surface area contributed by atoms with Crippen LogP contribution in [0.25, 0.3) is 5.69 Å². The molecule has 0 amide bonds. The Morgan fingerprint density at radius 2 is 1.90 bits per heavy atom. The molecule has 3 aromatic rings. The highest BCUT2D eigenvalue weighted by Gasteiger charge is 2.24. The number of nitrogens with zero attached hydrogens (tertiary/aromatic N) is 2. The van der Waals surface area contributed by atoms with Gasteiger partial charge in [0.25, 0.3) is 10.0 Å². The van der Waals surface area contributed by atoms with Crippen molar-refractivity contribution < 1.29 is 36.6 Å². The van der Waals surface area contributed by atoms with Crippen molar-refractivity contribution in [2.75, 3.05) is 11.8 Å². The van der Waals surface area contributed by atoms with Crippen molar-refractivity contribution in [2.24, 2.45) is 0 Å². The van der Waals surface area contributed by atoms with Crippen LogP contribution < -0.4 is 14.2 Å². The van der Waals surface area contributed by atoms with Crippen molar-refractivity contribution in [3.8, 4) is 17.2 Å². The number of rotatable bonds is 8. The molecule has 0 saturated heterocycles. The number of alkyl halides is 2. The number of ether oxygens (including phenoxy) is 2. The first kappa shape index (κ1) is 21.0. The van der Waals surface area contributed by atoms with Gasteiger partial charge >= 0.3 is 12.6 Å². The van der Waals surface area contributed by atoms with E-state index in [-0.39, 0.29) is 10.6 Å². The maximum Gasteiger partial charge on any atom is 0.387 e. The molecule has 0 aliphatic heterocycles. The summed E-state index contributed by atoms with van der Waals surface area (Å²) in [5.41, 5.74) is -0.402. The lowest BCUT2D eigenvalue weighted by atomic mass is 10.1. The third-order valence-corrected chi connectivity index (χ3v) is 5.20. The average Bonchev–Trinajstić information content (AvgIpc) is 3.19. The van der Waals surface area contributed by atoms with Crippen molar-refractivity contribution in [3.05, 3.63) is 60.4 Å². The molecule has 1 aromatic heterocycles. The van der Waals surface area contributed by atoms with Gasteiger partial charge in [-0.3, -0.25) is 4.72 Å². The van der Waals surface area contributed by atoms with Gasteiger partial charge in [0.2, 0.25) is 0 Å². The third-order valence-electron chi connectivity index (χ3n) is 3.88. The van der Waals surface area contributed by atoms with Crippen LogP contribution in [0.2, 0.25) is 0 Å². The molecule has 0 fully saturated rings. The number of halogens is 2. The molecule has 0 saturated carbocycles. The van der Waals surface area contributed by atoms with E-state index in [2.05, 4.69) is 14.6 Å². The molecular formula is C18H15F2N3O6S. The number of methoxy groups -OCH3 is 1. The molecule has 3 rings (SSSR count). The van der Waals surface area contributed by atoms with Crippen LogP contribution in [0.1, 0.15) is 10.4 Å². The van der Waals surface area contributed by atoms with E-state index >= 15 is 0 Å². The molecule has 12 heteroatoms. The summed E-state index contributed by atoms with van der Waals surface area (Å²) in [6.07, 6.45) is 2.29. The van der Waals surface area contributed by atoms with Crippen molar-refractivity contribution in [2.45, 2.75) is 11.5 Å². The Bertz CT molecular complexity index is 1170. The van der Waals surface area contributed by atoms with Gasteiger partial charge < -0.3 is 14.6 Å². The van der Waals surface area contributed by atoms with Gasteiger partial charge in [-0.05, 0) is 12.1 Å². The number of sulfonamides is 1. The summed E-state index contributed by atoms with van der Waals surface area (Å²) < 4.78 is 63.3. The van der Waals surface area contributed by atoms with Crippen LogP contribution in [-0.4, -0.2) is 43.0 Å². The minimum absolute atomic E-state index is 0.269. The standard InChI is InChI=1S/C18H15F2N3O6S/c1-28-15-7-13(17(24)25)14(8-16(15)29-18(19)20)22-30(26,27)12-9-21-23(10-12)11-5-3-2-4-6-11/h2-10,18,22H,1H3,(H,24,25). The fraction of sp³-hybridized carbons (Fsp3) is 0.111. The average molecular weight is 439 g/mol. The number of carboxylic acids is 1. The first-order valence-electron chi connectivity index (χ1n) is 8.24. The van der Waals surface area contributed by atoms with Gasteiger partial charge in [-0.25, -0.2) is 17.9 Å². The fourth-order valence-corrected chi connectivity index (χ4v) is 3.54. The van der Waals surface area contributed by atoms with Gasteiger partial charge in [0.15, 0.2) is 11.5 Å². The summed E-state index contributed by atoms with van der Waals surface area (Å²) in [6.45, 7) is -3.23. The smallest absolute Gasteiger partial charge is 0.387 e. The van der Waals surface area contributed by atoms with Crippen LogP contribution in [-0.2, 0) is 10.0 Å². The Balaban J connectivity index is 1.99. The number of aromatic nitrogens is 2. The summed E-state index contributed by atoms with van der Waals surface area (Å²) in [4.78, 5) is 11.3. The Morgan fingerprint density at radius 3 is 2.50 bits per heavy atom. The molecule has 0 atom stereocenters. The molecule has 0 bridgehead atoms. The SMILES string of the molecule is COc1cc(C(=O)O)c(NS(=O)(=O)c2cnn(-c3ccccc3)c2)cc1OC(F)F. The van der Waals surface area contributed by atoms with E-state index in [9.17, 15) is 27.1 Å². The summed E-state index contributed by atoms with van der Waals surface area (Å²) >= 11 is 0. The molecule has 0 aliphatic carbocycles. The minimum Gasteiger partial charge on any atom is -0.493 e. The summed E-state index contributed by atoms with van der Waals surface area (Å²) in [7, 11) is -3.18. The van der Waals surface area contributed by atoms with Gasteiger partial charge in [0.1, 0.15) is 4.90 Å². The number of nitrogens with one attached hydrogen (secondary N) is 1. The number of hydrogen-bond acceptors (Lipinski definition) is 6. The maximum atomic E-state index is 12.7. The number of anilines is 1. The third kappa shape index (κ3) is 4.49. The number of carbonyl (C=O) groups is 1. The zero-order valence-corrected chi connectivity index (χ0v) is 16.1. The topological polar surface area (TPSA) is 120 Å². The van der Waals surface area contributed by atoms with E-state index in [0.29, 0.717) is 5.69 Å². The number of carboxylic acid groups (broad SMARTS) is 1. The Kier molecular flexibility index (Phi) is 5.87. The van der Waals surface area contributed by atoms with Crippen LogP contribution in [0.3, 0.4) is 0 Å². The van der Waals surface area contributed by atoms with Gasteiger partial charge in [0.05, 0.1) is 36.4 Å². The van der Waals surface area contributed by atoms with Crippen LogP contribution in [0, 0.1) is 0 Å². The van der Waals surface area contributed by atoms with Gasteiger partial charge in [-0.2, -0.15) is 13.9 Å².